The Morgan fingerprint density at radius 3 is 2.15 bits per heavy atom. The number of likely N-dealkylation sites (N-methyl/N-ethyl adjacent to an activating group) is 1. The van der Waals surface area contributed by atoms with Gasteiger partial charge in [0.25, 0.3) is 0 Å². The van der Waals surface area contributed by atoms with Crippen molar-refractivity contribution in [1.82, 2.24) is 0 Å². The van der Waals surface area contributed by atoms with Crippen molar-refractivity contribution in [1.29, 1.82) is 0 Å². The lowest BCUT2D eigenvalue weighted by atomic mass is 9.76. The maximum Gasteiger partial charge on any atom is 0.0405 e. The average Bonchev–Trinajstić information content (AvgIpc) is 3.20. The molecule has 0 N–H and O–H groups in total. The minimum Gasteiger partial charge on any atom is -0.372 e. The Balaban J connectivity index is 1.57. The number of benzene rings is 3. The summed E-state index contributed by atoms with van der Waals surface area (Å²) in [6.45, 7) is 12.1. The molecule has 1 aliphatic heterocycles. The Morgan fingerprint density at radius 1 is 0.853 bits per heavy atom. The van der Waals surface area contributed by atoms with Gasteiger partial charge in [-0.1, -0.05) is 65.7 Å². The van der Waals surface area contributed by atoms with Crippen LogP contribution in [0.25, 0.3) is 5.57 Å². The fourth-order valence-corrected chi connectivity index (χ4v) is 6.31. The lowest BCUT2D eigenvalue weighted by Crippen LogP contribution is -2.36. The molecule has 5 rings (SSSR count). The van der Waals surface area contributed by atoms with E-state index in [0.29, 0.717) is 12.0 Å². The number of aryl methyl sites for hydroxylation is 1. The average molecular weight is 451 g/mol. The molecule has 0 bridgehead atoms. The lowest BCUT2D eigenvalue weighted by molar-refractivity contribution is 0.448. The van der Waals surface area contributed by atoms with Crippen LogP contribution in [0.5, 0.6) is 0 Å². The van der Waals surface area contributed by atoms with Gasteiger partial charge >= 0.3 is 0 Å². The monoisotopic (exact) mass is 450 g/mol. The number of hydrogen-bond donors (Lipinski definition) is 0. The van der Waals surface area contributed by atoms with E-state index in [1.165, 1.54) is 46.5 Å². The number of anilines is 2. The molecule has 2 unspecified atom stereocenters. The number of nitrogens with zero attached hydrogens (tertiary/aromatic N) is 2. The topological polar surface area (TPSA) is 6.48 Å². The number of rotatable bonds is 6. The summed E-state index contributed by atoms with van der Waals surface area (Å²) in [4.78, 5) is 5.07. The highest BCUT2D eigenvalue weighted by Gasteiger charge is 2.40. The second-order valence-corrected chi connectivity index (χ2v) is 9.83. The van der Waals surface area contributed by atoms with Crippen molar-refractivity contribution in [2.24, 2.45) is 0 Å². The summed E-state index contributed by atoms with van der Waals surface area (Å²) < 4.78 is 0. The molecule has 0 saturated heterocycles. The van der Waals surface area contributed by atoms with Gasteiger partial charge in [0, 0.05) is 43.0 Å². The van der Waals surface area contributed by atoms with E-state index in [1.54, 1.807) is 11.1 Å². The van der Waals surface area contributed by atoms with Crippen molar-refractivity contribution in [3.63, 3.8) is 0 Å². The first-order valence-corrected chi connectivity index (χ1v) is 13.1. The van der Waals surface area contributed by atoms with Gasteiger partial charge in [0.1, 0.15) is 0 Å². The number of para-hydroxylation sites is 1. The summed E-state index contributed by atoms with van der Waals surface area (Å²) in [6, 6.07) is 28.2. The van der Waals surface area contributed by atoms with Gasteiger partial charge in [-0.2, -0.15) is 0 Å². The molecule has 0 amide bonds. The third-order valence-electron chi connectivity index (χ3n) is 8.04. The number of fused-ring (bicyclic) bond motifs is 3. The summed E-state index contributed by atoms with van der Waals surface area (Å²) in [5.41, 5.74) is 11.4. The highest BCUT2D eigenvalue weighted by atomic mass is 15.2. The van der Waals surface area contributed by atoms with E-state index in [2.05, 4.69) is 110 Å². The minimum absolute atomic E-state index is 0.593. The van der Waals surface area contributed by atoms with Crippen molar-refractivity contribution in [2.75, 3.05) is 29.4 Å². The van der Waals surface area contributed by atoms with E-state index >= 15 is 0 Å². The highest BCUT2D eigenvalue weighted by molar-refractivity contribution is 5.83. The molecule has 176 valence electrons. The van der Waals surface area contributed by atoms with Gasteiger partial charge in [-0.15, -0.1) is 0 Å². The van der Waals surface area contributed by atoms with Crippen LogP contribution in [0.2, 0.25) is 0 Å². The van der Waals surface area contributed by atoms with Crippen LogP contribution < -0.4 is 9.80 Å². The molecule has 1 aliphatic carbocycles. The van der Waals surface area contributed by atoms with Gasteiger partial charge < -0.3 is 9.80 Å². The van der Waals surface area contributed by atoms with E-state index in [1.807, 2.05) is 0 Å². The molecule has 1 heterocycles. The molecular weight excluding hydrogens is 412 g/mol. The van der Waals surface area contributed by atoms with Gasteiger partial charge in [0.15, 0.2) is 0 Å². The third-order valence-corrected chi connectivity index (χ3v) is 8.04. The van der Waals surface area contributed by atoms with Gasteiger partial charge in [-0.05, 0) is 87.4 Å². The molecule has 2 aliphatic rings. The fraction of sp³-hybridized carbons (Fsp3) is 0.375. The zero-order valence-electron chi connectivity index (χ0n) is 21.2. The lowest BCUT2D eigenvalue weighted by Gasteiger charge is -2.35. The molecule has 1 fully saturated rings. The zero-order chi connectivity index (χ0) is 23.7. The van der Waals surface area contributed by atoms with Crippen molar-refractivity contribution in [3.8, 4) is 0 Å². The van der Waals surface area contributed by atoms with E-state index in [9.17, 15) is 0 Å². The first-order chi connectivity index (χ1) is 16.6. The van der Waals surface area contributed by atoms with E-state index in [-0.39, 0.29) is 0 Å². The van der Waals surface area contributed by atoms with Crippen molar-refractivity contribution >= 4 is 16.9 Å². The Bertz CT molecular complexity index is 1150. The molecule has 0 radical (unpaired) electrons. The van der Waals surface area contributed by atoms with E-state index in [0.717, 1.165) is 26.1 Å². The standard InChI is InChI=1S/C32H38N2/c1-5-33(6-2)27-19-16-25(17-20-27)32(24-14-12-23(4)13-15-24)26-18-21-31-29(22-26)28-10-8-9-11-30(28)34(31)7-3/h8-17,19-20,29,31H,5-7,18,21-22H2,1-4H3/b32-26-. The third kappa shape index (κ3) is 4.04. The fourth-order valence-electron chi connectivity index (χ4n) is 6.31. The molecule has 2 heteroatoms. The zero-order valence-corrected chi connectivity index (χ0v) is 21.2. The predicted octanol–water partition coefficient (Wildman–Crippen LogP) is 7.82. The van der Waals surface area contributed by atoms with Gasteiger partial charge in [-0.25, -0.2) is 0 Å². The maximum absolute atomic E-state index is 2.65. The Kier molecular flexibility index (Phi) is 6.50. The normalized spacial score (nSPS) is 20.6. The summed E-state index contributed by atoms with van der Waals surface area (Å²) in [5.74, 6) is 0.593. The molecule has 0 spiro atoms. The molecule has 2 nitrogen and oxygen atoms in total. The summed E-state index contributed by atoms with van der Waals surface area (Å²) in [6.07, 6.45) is 3.56. The second kappa shape index (κ2) is 9.70. The Hall–Kier alpha value is -3.00. The van der Waals surface area contributed by atoms with Crippen LogP contribution in [0, 0.1) is 6.92 Å². The van der Waals surface area contributed by atoms with Gasteiger partial charge in [-0.3, -0.25) is 0 Å². The van der Waals surface area contributed by atoms with Crippen LogP contribution in [0.15, 0.2) is 78.4 Å². The highest BCUT2D eigenvalue weighted by Crippen LogP contribution is 2.50. The SMILES string of the molecule is CCN(CC)c1ccc(/C(=C2/CCC3C(C2)c2ccccc2N3CC)c2ccc(C)cc2)cc1. The largest absolute Gasteiger partial charge is 0.372 e. The Morgan fingerprint density at radius 2 is 1.50 bits per heavy atom. The van der Waals surface area contributed by atoms with Crippen LogP contribution >= 0.6 is 0 Å². The molecule has 2 atom stereocenters. The van der Waals surface area contributed by atoms with Gasteiger partial charge in [0.05, 0.1) is 0 Å². The smallest absolute Gasteiger partial charge is 0.0405 e. The predicted molar refractivity (Wildman–Crippen MR) is 147 cm³/mol. The maximum atomic E-state index is 2.65. The van der Waals surface area contributed by atoms with E-state index < -0.39 is 0 Å². The number of hydrogen-bond acceptors (Lipinski definition) is 2. The first-order valence-electron chi connectivity index (χ1n) is 13.1. The first kappa shape index (κ1) is 22.8. The molecule has 0 aromatic heterocycles. The molecule has 1 saturated carbocycles. The summed E-state index contributed by atoms with van der Waals surface area (Å²) >= 11 is 0. The van der Waals surface area contributed by atoms with Crippen molar-refractivity contribution in [2.45, 2.75) is 58.9 Å². The molecule has 3 aromatic rings. The molecule has 3 aromatic carbocycles. The van der Waals surface area contributed by atoms with Gasteiger partial charge in [0.2, 0.25) is 0 Å². The molecular formula is C32H38N2. The van der Waals surface area contributed by atoms with Crippen LogP contribution in [-0.2, 0) is 0 Å². The van der Waals surface area contributed by atoms with E-state index in [4.69, 9.17) is 0 Å². The van der Waals surface area contributed by atoms with Crippen molar-refractivity contribution in [3.05, 3.63) is 101 Å². The summed E-state index contributed by atoms with van der Waals surface area (Å²) in [5, 5.41) is 0. The number of allylic oxidation sites excluding steroid dienone is 1. The Labute approximate surface area is 205 Å². The van der Waals surface area contributed by atoms with Crippen LogP contribution in [0.1, 0.15) is 68.2 Å². The van der Waals surface area contributed by atoms with Crippen molar-refractivity contribution < 1.29 is 0 Å². The minimum atomic E-state index is 0.593. The quantitative estimate of drug-likeness (QED) is 0.378. The molecule has 34 heavy (non-hydrogen) atoms. The van der Waals surface area contributed by atoms with Crippen LogP contribution in [0.4, 0.5) is 11.4 Å². The van der Waals surface area contributed by atoms with Crippen LogP contribution in [0.3, 0.4) is 0 Å². The van der Waals surface area contributed by atoms with Crippen LogP contribution in [-0.4, -0.2) is 25.7 Å². The second-order valence-electron chi connectivity index (χ2n) is 9.83. The summed E-state index contributed by atoms with van der Waals surface area (Å²) in [7, 11) is 0.